The average molecular weight is 588 g/mol. The third-order valence-electron chi connectivity index (χ3n) is 6.75. The van der Waals surface area contributed by atoms with E-state index >= 15 is 0 Å². The number of aliphatic imine (C=N–C) groups is 1. The number of aromatic nitrogens is 3. The van der Waals surface area contributed by atoms with Crippen molar-refractivity contribution in [2.75, 3.05) is 12.3 Å². The number of thiophene rings is 1. The van der Waals surface area contributed by atoms with Crippen LogP contribution in [0.5, 0.6) is 0 Å². The molecule has 0 fully saturated rings. The van der Waals surface area contributed by atoms with Crippen LogP contribution in [0.15, 0.2) is 58.4 Å². The van der Waals surface area contributed by atoms with Gasteiger partial charge in [-0.1, -0.05) is 35.9 Å². The number of carbonyl (C=O) groups excluding carboxylic acids is 1. The van der Waals surface area contributed by atoms with Gasteiger partial charge in [0, 0.05) is 32.5 Å². The molecular formula is C27H21ClF3N5OS2. The van der Waals surface area contributed by atoms with Gasteiger partial charge < -0.3 is 4.90 Å². The minimum absolute atomic E-state index is 0.0583. The molecule has 0 radical (unpaired) electrons. The molecule has 39 heavy (non-hydrogen) atoms. The highest BCUT2D eigenvalue weighted by atomic mass is 35.5. The Bertz CT molecular complexity index is 1630. The molecule has 0 spiro atoms. The Hall–Kier alpha value is -3.15. The van der Waals surface area contributed by atoms with Crippen LogP contribution in [-0.2, 0) is 30.5 Å². The Balaban J connectivity index is 1.29. The fourth-order valence-corrected chi connectivity index (χ4v) is 7.39. The number of halogens is 4. The monoisotopic (exact) mass is 587 g/mol. The van der Waals surface area contributed by atoms with E-state index < -0.39 is 11.7 Å². The SMILES string of the molecule is Cc1nnc2n1-c1sc3c(c1C(c1ccccc1Cl)=NC2)CCN(C(=O)CSc1cccc(C(F)(F)F)c1)C3. The van der Waals surface area contributed by atoms with E-state index in [0.717, 1.165) is 67.8 Å². The number of amides is 1. The summed E-state index contributed by atoms with van der Waals surface area (Å²) in [6.45, 7) is 3.19. The van der Waals surface area contributed by atoms with Gasteiger partial charge in [-0.3, -0.25) is 14.4 Å². The highest BCUT2D eigenvalue weighted by Crippen LogP contribution is 2.41. The maximum Gasteiger partial charge on any atom is 0.416 e. The maximum atomic E-state index is 13.1. The number of hydrogen-bond acceptors (Lipinski definition) is 6. The van der Waals surface area contributed by atoms with Gasteiger partial charge in [-0.25, -0.2) is 0 Å². The van der Waals surface area contributed by atoms with Crippen LogP contribution in [0, 0.1) is 6.92 Å². The second-order valence-corrected chi connectivity index (χ2v) is 11.7. The third-order valence-corrected chi connectivity index (χ3v) is 9.26. The lowest BCUT2D eigenvalue weighted by Crippen LogP contribution is -2.36. The van der Waals surface area contributed by atoms with Gasteiger partial charge in [-0.2, -0.15) is 13.2 Å². The minimum Gasteiger partial charge on any atom is -0.336 e. The molecule has 0 aliphatic carbocycles. The van der Waals surface area contributed by atoms with Gasteiger partial charge in [0.1, 0.15) is 17.4 Å². The molecule has 0 bridgehead atoms. The number of nitrogens with zero attached hydrogens (tertiary/aromatic N) is 5. The second-order valence-electron chi connectivity index (χ2n) is 9.21. The van der Waals surface area contributed by atoms with Crippen LogP contribution in [0.3, 0.4) is 0 Å². The van der Waals surface area contributed by atoms with Crippen molar-refractivity contribution in [3.8, 4) is 5.00 Å². The normalized spacial score (nSPS) is 14.8. The average Bonchev–Trinajstić information content (AvgIpc) is 3.42. The summed E-state index contributed by atoms with van der Waals surface area (Å²) in [5.41, 5.74) is 3.05. The minimum atomic E-state index is -4.42. The number of alkyl halides is 3. The first-order valence-electron chi connectivity index (χ1n) is 12.1. The van der Waals surface area contributed by atoms with Crippen molar-refractivity contribution in [3.63, 3.8) is 0 Å². The standard InChI is InChI=1S/C27H21ClF3N5OS2/c1-15-33-34-22-12-32-25(18-7-2-3-8-20(18)28)24-19-9-10-35(13-21(19)39-26(24)36(15)22)23(37)14-38-17-6-4-5-16(11-17)27(29,30)31/h2-8,11H,9-10,12-14H2,1H3. The molecule has 0 atom stereocenters. The van der Waals surface area contributed by atoms with Gasteiger partial charge in [0.25, 0.3) is 0 Å². The topological polar surface area (TPSA) is 63.4 Å². The van der Waals surface area contributed by atoms with Crippen molar-refractivity contribution in [1.82, 2.24) is 19.7 Å². The quantitative estimate of drug-likeness (QED) is 0.262. The van der Waals surface area contributed by atoms with Crippen molar-refractivity contribution >= 4 is 46.3 Å². The molecule has 0 saturated carbocycles. The van der Waals surface area contributed by atoms with Crippen LogP contribution in [0.25, 0.3) is 5.00 Å². The molecule has 2 aliphatic heterocycles. The van der Waals surface area contributed by atoms with Crippen LogP contribution in [-0.4, -0.2) is 43.6 Å². The Labute approximate surface area is 235 Å². The summed E-state index contributed by atoms with van der Waals surface area (Å²) < 4.78 is 41.2. The number of hydrogen-bond donors (Lipinski definition) is 0. The van der Waals surface area contributed by atoms with Gasteiger partial charge in [-0.15, -0.1) is 33.3 Å². The first-order valence-corrected chi connectivity index (χ1v) is 14.3. The molecule has 6 nitrogen and oxygen atoms in total. The number of carbonyl (C=O) groups is 1. The predicted octanol–water partition coefficient (Wildman–Crippen LogP) is 6.34. The van der Waals surface area contributed by atoms with Gasteiger partial charge >= 0.3 is 6.18 Å². The maximum absolute atomic E-state index is 13.1. The lowest BCUT2D eigenvalue weighted by Gasteiger charge is -2.27. The molecule has 2 aliphatic rings. The van der Waals surface area contributed by atoms with Crippen molar-refractivity contribution in [2.45, 2.75) is 37.5 Å². The smallest absolute Gasteiger partial charge is 0.336 e. The van der Waals surface area contributed by atoms with E-state index in [1.165, 1.54) is 6.07 Å². The number of aryl methyl sites for hydroxylation is 1. The van der Waals surface area contributed by atoms with Crippen LogP contribution < -0.4 is 0 Å². The molecule has 0 N–H and O–H groups in total. The summed E-state index contributed by atoms with van der Waals surface area (Å²) in [6.07, 6.45) is -3.79. The molecule has 2 aromatic heterocycles. The third kappa shape index (κ3) is 4.87. The van der Waals surface area contributed by atoms with Gasteiger partial charge in [0.05, 0.1) is 23.6 Å². The van der Waals surface area contributed by atoms with E-state index in [-0.39, 0.29) is 11.7 Å². The zero-order valence-electron chi connectivity index (χ0n) is 20.6. The van der Waals surface area contributed by atoms with E-state index in [0.29, 0.717) is 36.0 Å². The van der Waals surface area contributed by atoms with Gasteiger partial charge in [-0.05, 0) is 43.2 Å². The molecule has 12 heteroatoms. The summed E-state index contributed by atoms with van der Waals surface area (Å²) in [7, 11) is 0. The van der Waals surface area contributed by atoms with Crippen molar-refractivity contribution in [3.05, 3.63) is 92.3 Å². The van der Waals surface area contributed by atoms with E-state index in [9.17, 15) is 18.0 Å². The highest BCUT2D eigenvalue weighted by Gasteiger charge is 2.33. The zero-order chi connectivity index (χ0) is 27.3. The summed E-state index contributed by atoms with van der Waals surface area (Å²) in [6, 6.07) is 12.7. The Kier molecular flexibility index (Phi) is 6.76. The molecule has 0 unspecified atom stereocenters. The molecule has 0 saturated heterocycles. The van der Waals surface area contributed by atoms with Gasteiger partial charge in [0.2, 0.25) is 5.91 Å². The van der Waals surface area contributed by atoms with Crippen molar-refractivity contribution in [1.29, 1.82) is 0 Å². The Morgan fingerprint density at radius 2 is 1.97 bits per heavy atom. The fourth-order valence-electron chi connectivity index (χ4n) is 4.88. The molecule has 4 aromatic rings. The number of rotatable bonds is 4. The summed E-state index contributed by atoms with van der Waals surface area (Å²) in [5.74, 6) is 1.43. The predicted molar refractivity (Wildman–Crippen MR) is 146 cm³/mol. The van der Waals surface area contributed by atoms with Crippen LogP contribution in [0.1, 0.15) is 38.8 Å². The van der Waals surface area contributed by atoms with Crippen LogP contribution >= 0.6 is 34.7 Å². The number of thioether (sulfide) groups is 1. The Morgan fingerprint density at radius 1 is 1.15 bits per heavy atom. The lowest BCUT2D eigenvalue weighted by atomic mass is 9.95. The molecule has 4 heterocycles. The summed E-state index contributed by atoms with van der Waals surface area (Å²) in [5, 5.41) is 10.2. The van der Waals surface area contributed by atoms with E-state index in [2.05, 4.69) is 10.2 Å². The van der Waals surface area contributed by atoms with E-state index in [1.54, 1.807) is 22.3 Å². The molecule has 200 valence electrons. The Morgan fingerprint density at radius 3 is 2.77 bits per heavy atom. The largest absolute Gasteiger partial charge is 0.416 e. The van der Waals surface area contributed by atoms with E-state index in [4.69, 9.17) is 16.6 Å². The molecular weight excluding hydrogens is 567 g/mol. The van der Waals surface area contributed by atoms with Crippen LogP contribution in [0.2, 0.25) is 5.02 Å². The molecule has 6 rings (SSSR count). The first kappa shape index (κ1) is 26.1. The van der Waals surface area contributed by atoms with Crippen LogP contribution in [0.4, 0.5) is 13.2 Å². The van der Waals surface area contributed by atoms with Gasteiger partial charge in [0.15, 0.2) is 5.82 Å². The first-order chi connectivity index (χ1) is 18.7. The summed E-state index contributed by atoms with van der Waals surface area (Å²) >= 11 is 9.30. The summed E-state index contributed by atoms with van der Waals surface area (Å²) in [4.78, 5) is 21.3. The fraction of sp³-hybridized carbons (Fsp3) is 0.259. The molecule has 2 aromatic carbocycles. The molecule has 1 amide bonds. The van der Waals surface area contributed by atoms with Crippen molar-refractivity contribution < 1.29 is 18.0 Å². The number of fused-ring (bicyclic) bond motifs is 5. The second kappa shape index (κ2) is 10.1. The lowest BCUT2D eigenvalue weighted by molar-refractivity contribution is -0.137. The number of benzene rings is 2. The van der Waals surface area contributed by atoms with Crippen molar-refractivity contribution in [2.24, 2.45) is 4.99 Å². The van der Waals surface area contributed by atoms with E-state index in [1.807, 2.05) is 35.8 Å². The zero-order valence-corrected chi connectivity index (χ0v) is 23.0. The highest BCUT2D eigenvalue weighted by molar-refractivity contribution is 8.00.